The zero-order chi connectivity index (χ0) is 12.2. The number of unbranched alkanes of at least 4 members (excludes halogenated alkanes) is 1. The Bertz CT molecular complexity index is 170. The summed E-state index contributed by atoms with van der Waals surface area (Å²) in [5, 5.41) is 0. The normalized spacial score (nSPS) is 12.4. The average Bonchev–Trinajstić information content (AvgIpc) is 2.27. The number of hydrogen-bond acceptors (Lipinski definition) is 4. The van der Waals surface area contributed by atoms with Gasteiger partial charge in [0.25, 0.3) is 0 Å². The Hall–Kier alpha value is -0.610. The fraction of sp³-hybridized carbons (Fsp3) is 0.917. The van der Waals surface area contributed by atoms with Gasteiger partial charge in [0.1, 0.15) is 0 Å². The van der Waals surface area contributed by atoms with Crippen LogP contribution in [0.15, 0.2) is 0 Å². The Morgan fingerprint density at radius 1 is 1.19 bits per heavy atom. The van der Waals surface area contributed by atoms with Gasteiger partial charge in [-0.15, -0.1) is 0 Å². The molecule has 96 valence electrons. The predicted octanol–water partition coefficient (Wildman–Crippen LogP) is 2.51. The zero-order valence-electron chi connectivity index (χ0n) is 10.7. The van der Waals surface area contributed by atoms with E-state index in [0.717, 1.165) is 12.8 Å². The highest BCUT2D eigenvalue weighted by atomic mass is 16.7. The smallest absolute Gasteiger partial charge is 0.308 e. The van der Waals surface area contributed by atoms with Crippen molar-refractivity contribution in [3.8, 4) is 0 Å². The van der Waals surface area contributed by atoms with Crippen LogP contribution in [0.2, 0.25) is 0 Å². The SMILES string of the molecule is CCCCC(=O)OC(CCOCC)OCC. The van der Waals surface area contributed by atoms with E-state index in [1.54, 1.807) is 0 Å². The summed E-state index contributed by atoms with van der Waals surface area (Å²) in [6, 6.07) is 0. The van der Waals surface area contributed by atoms with E-state index in [2.05, 4.69) is 0 Å². The van der Waals surface area contributed by atoms with Gasteiger partial charge in [-0.2, -0.15) is 0 Å². The first-order valence-corrected chi connectivity index (χ1v) is 6.13. The highest BCUT2D eigenvalue weighted by Crippen LogP contribution is 2.05. The maximum absolute atomic E-state index is 11.4. The van der Waals surface area contributed by atoms with E-state index >= 15 is 0 Å². The molecule has 0 aliphatic carbocycles. The topological polar surface area (TPSA) is 44.8 Å². The van der Waals surface area contributed by atoms with Crippen LogP contribution in [-0.4, -0.2) is 32.1 Å². The molecule has 0 N–H and O–H groups in total. The Morgan fingerprint density at radius 3 is 2.50 bits per heavy atom. The van der Waals surface area contributed by atoms with Gasteiger partial charge in [0.15, 0.2) is 0 Å². The minimum absolute atomic E-state index is 0.184. The quantitative estimate of drug-likeness (QED) is 0.330. The van der Waals surface area contributed by atoms with Gasteiger partial charge in [0, 0.05) is 26.1 Å². The van der Waals surface area contributed by atoms with Crippen molar-refractivity contribution in [3.05, 3.63) is 0 Å². The third-order valence-corrected chi connectivity index (χ3v) is 2.05. The van der Waals surface area contributed by atoms with Crippen LogP contribution in [0.1, 0.15) is 46.5 Å². The van der Waals surface area contributed by atoms with Crippen LogP contribution < -0.4 is 0 Å². The summed E-state index contributed by atoms with van der Waals surface area (Å²) in [5.74, 6) is -0.184. The molecule has 0 bridgehead atoms. The summed E-state index contributed by atoms with van der Waals surface area (Å²) in [7, 11) is 0. The van der Waals surface area contributed by atoms with Gasteiger partial charge in [-0.3, -0.25) is 4.79 Å². The first kappa shape index (κ1) is 15.4. The number of carbonyl (C=O) groups is 1. The molecule has 0 saturated heterocycles. The van der Waals surface area contributed by atoms with E-state index in [9.17, 15) is 4.79 Å². The minimum atomic E-state index is -0.457. The van der Waals surface area contributed by atoms with Gasteiger partial charge >= 0.3 is 5.97 Å². The van der Waals surface area contributed by atoms with E-state index in [1.165, 1.54) is 0 Å². The number of carbonyl (C=O) groups excluding carboxylic acids is 1. The molecule has 0 aliphatic rings. The van der Waals surface area contributed by atoms with Gasteiger partial charge in [-0.05, 0) is 20.3 Å². The van der Waals surface area contributed by atoms with Gasteiger partial charge in [-0.1, -0.05) is 13.3 Å². The monoisotopic (exact) mass is 232 g/mol. The van der Waals surface area contributed by atoms with Crippen molar-refractivity contribution in [2.24, 2.45) is 0 Å². The molecule has 4 nitrogen and oxygen atoms in total. The van der Waals surface area contributed by atoms with Gasteiger partial charge < -0.3 is 14.2 Å². The molecule has 0 amide bonds. The van der Waals surface area contributed by atoms with E-state index < -0.39 is 6.29 Å². The molecule has 0 heterocycles. The molecule has 1 unspecified atom stereocenters. The molecule has 0 spiro atoms. The van der Waals surface area contributed by atoms with Crippen molar-refractivity contribution in [1.29, 1.82) is 0 Å². The standard InChI is InChI=1S/C12H24O4/c1-4-7-8-11(13)16-12(15-6-3)9-10-14-5-2/h12H,4-10H2,1-3H3. The lowest BCUT2D eigenvalue weighted by Crippen LogP contribution is -2.23. The van der Waals surface area contributed by atoms with Crippen molar-refractivity contribution in [2.75, 3.05) is 19.8 Å². The molecule has 0 aromatic heterocycles. The third-order valence-electron chi connectivity index (χ3n) is 2.05. The Labute approximate surface area is 98.3 Å². The molecule has 0 radical (unpaired) electrons. The fourth-order valence-electron chi connectivity index (χ4n) is 1.21. The molecule has 0 fully saturated rings. The molecular weight excluding hydrogens is 208 g/mol. The molecule has 4 heteroatoms. The van der Waals surface area contributed by atoms with Crippen molar-refractivity contribution in [1.82, 2.24) is 0 Å². The van der Waals surface area contributed by atoms with E-state index in [0.29, 0.717) is 32.7 Å². The molecule has 0 aromatic carbocycles. The Kier molecular flexibility index (Phi) is 10.5. The summed E-state index contributed by atoms with van der Waals surface area (Å²) >= 11 is 0. The van der Waals surface area contributed by atoms with Crippen molar-refractivity contribution in [2.45, 2.75) is 52.7 Å². The molecule has 0 rings (SSSR count). The summed E-state index contributed by atoms with van der Waals surface area (Å²) in [5.41, 5.74) is 0. The molecular formula is C12H24O4. The lowest BCUT2D eigenvalue weighted by atomic mass is 10.2. The minimum Gasteiger partial charge on any atom is -0.436 e. The Balaban J connectivity index is 3.77. The second kappa shape index (κ2) is 10.9. The third kappa shape index (κ3) is 8.68. The summed E-state index contributed by atoms with van der Waals surface area (Å²) < 4.78 is 15.7. The highest BCUT2D eigenvalue weighted by molar-refractivity contribution is 5.69. The van der Waals surface area contributed by atoms with E-state index in [1.807, 2.05) is 20.8 Å². The summed E-state index contributed by atoms with van der Waals surface area (Å²) in [4.78, 5) is 11.4. The number of rotatable bonds is 10. The lowest BCUT2D eigenvalue weighted by Gasteiger charge is -2.17. The van der Waals surface area contributed by atoms with Crippen LogP contribution in [0.25, 0.3) is 0 Å². The van der Waals surface area contributed by atoms with Gasteiger partial charge in [-0.25, -0.2) is 0 Å². The van der Waals surface area contributed by atoms with Crippen LogP contribution in [0.3, 0.4) is 0 Å². The second-order valence-electron chi connectivity index (χ2n) is 3.46. The number of ether oxygens (including phenoxy) is 3. The molecule has 0 aliphatic heterocycles. The van der Waals surface area contributed by atoms with Gasteiger partial charge in [0.2, 0.25) is 6.29 Å². The number of hydrogen-bond donors (Lipinski definition) is 0. The van der Waals surface area contributed by atoms with E-state index in [-0.39, 0.29) is 5.97 Å². The largest absolute Gasteiger partial charge is 0.436 e. The van der Waals surface area contributed by atoms with Crippen LogP contribution in [0.4, 0.5) is 0 Å². The molecule has 16 heavy (non-hydrogen) atoms. The van der Waals surface area contributed by atoms with Crippen LogP contribution in [0.5, 0.6) is 0 Å². The summed E-state index contributed by atoms with van der Waals surface area (Å²) in [6.07, 6.45) is 2.46. The van der Waals surface area contributed by atoms with Crippen molar-refractivity contribution in [3.63, 3.8) is 0 Å². The lowest BCUT2D eigenvalue weighted by molar-refractivity contribution is -0.181. The second-order valence-corrected chi connectivity index (χ2v) is 3.46. The van der Waals surface area contributed by atoms with E-state index in [4.69, 9.17) is 14.2 Å². The average molecular weight is 232 g/mol. The summed E-state index contributed by atoms with van der Waals surface area (Å²) in [6.45, 7) is 7.63. The van der Waals surface area contributed by atoms with Crippen molar-refractivity contribution >= 4 is 5.97 Å². The first-order chi connectivity index (χ1) is 7.74. The van der Waals surface area contributed by atoms with Crippen LogP contribution in [0, 0.1) is 0 Å². The van der Waals surface area contributed by atoms with Crippen LogP contribution in [-0.2, 0) is 19.0 Å². The first-order valence-electron chi connectivity index (χ1n) is 6.13. The molecule has 1 atom stereocenters. The number of esters is 1. The van der Waals surface area contributed by atoms with Crippen LogP contribution >= 0.6 is 0 Å². The Morgan fingerprint density at radius 2 is 1.94 bits per heavy atom. The fourth-order valence-corrected chi connectivity index (χ4v) is 1.21. The van der Waals surface area contributed by atoms with Crippen molar-refractivity contribution < 1.29 is 19.0 Å². The zero-order valence-corrected chi connectivity index (χ0v) is 10.7. The maximum Gasteiger partial charge on any atom is 0.308 e. The van der Waals surface area contributed by atoms with Gasteiger partial charge in [0.05, 0.1) is 6.61 Å². The molecule has 0 aromatic rings. The predicted molar refractivity (Wildman–Crippen MR) is 62.1 cm³/mol. The maximum atomic E-state index is 11.4. The molecule has 0 saturated carbocycles. The highest BCUT2D eigenvalue weighted by Gasteiger charge is 2.13.